The number of amides is 1. The molecule has 0 radical (unpaired) electrons. The summed E-state index contributed by atoms with van der Waals surface area (Å²) in [5, 5.41) is 4.97. The van der Waals surface area contributed by atoms with Crippen molar-refractivity contribution < 1.29 is 13.2 Å². The van der Waals surface area contributed by atoms with Crippen molar-refractivity contribution in [2.45, 2.75) is 39.2 Å². The predicted octanol–water partition coefficient (Wildman–Crippen LogP) is 1.33. The second-order valence-corrected chi connectivity index (χ2v) is 7.07. The average Bonchev–Trinajstić information content (AvgIpc) is 2.46. The normalized spacial score (nSPS) is 17.5. The quantitative estimate of drug-likeness (QED) is 0.881. The van der Waals surface area contributed by atoms with Crippen LogP contribution in [-0.2, 0) is 20.4 Å². The summed E-state index contributed by atoms with van der Waals surface area (Å²) in [4.78, 5) is 14.2. The van der Waals surface area contributed by atoms with Crippen molar-refractivity contribution in [1.29, 1.82) is 0 Å². The molecule has 0 atom stereocenters. The molecule has 7 heteroatoms. The van der Waals surface area contributed by atoms with Crippen molar-refractivity contribution in [2.75, 3.05) is 9.62 Å². The van der Waals surface area contributed by atoms with Crippen LogP contribution in [0.2, 0.25) is 0 Å². The van der Waals surface area contributed by atoms with Gasteiger partial charge < -0.3 is 4.90 Å². The van der Waals surface area contributed by atoms with E-state index < -0.39 is 15.6 Å². The molecule has 1 aliphatic rings. The lowest BCUT2D eigenvalue weighted by atomic mass is 9.86. The van der Waals surface area contributed by atoms with Crippen LogP contribution < -0.4 is 14.8 Å². The molecular formula is C13H19N3O3S. The molecule has 1 heterocycles. The summed E-state index contributed by atoms with van der Waals surface area (Å²) in [5.74, 6) is 0.00950. The average molecular weight is 297 g/mol. The van der Waals surface area contributed by atoms with E-state index in [2.05, 4.69) is 4.72 Å². The first-order chi connectivity index (χ1) is 9.04. The Labute approximate surface area is 119 Å². The summed E-state index contributed by atoms with van der Waals surface area (Å²) in [6.45, 7) is 7.55. The number of benzene rings is 1. The fraction of sp³-hybridized carbons (Fsp3) is 0.462. The van der Waals surface area contributed by atoms with Crippen LogP contribution >= 0.6 is 0 Å². The Hall–Kier alpha value is -1.60. The molecule has 0 unspecified atom stereocenters. The highest BCUT2D eigenvalue weighted by Gasteiger charge is 2.44. The van der Waals surface area contributed by atoms with Gasteiger partial charge in [-0.05, 0) is 51.5 Å². The van der Waals surface area contributed by atoms with Crippen molar-refractivity contribution in [2.24, 2.45) is 5.14 Å². The fourth-order valence-electron chi connectivity index (χ4n) is 2.51. The Morgan fingerprint density at radius 3 is 2.40 bits per heavy atom. The fourth-order valence-corrected chi connectivity index (χ4v) is 2.97. The van der Waals surface area contributed by atoms with Crippen molar-refractivity contribution in [3.63, 3.8) is 0 Å². The molecule has 0 aromatic heterocycles. The minimum atomic E-state index is -3.82. The molecular weight excluding hydrogens is 278 g/mol. The van der Waals surface area contributed by atoms with Gasteiger partial charge in [0.1, 0.15) is 0 Å². The van der Waals surface area contributed by atoms with Gasteiger partial charge in [-0.25, -0.2) is 5.14 Å². The van der Waals surface area contributed by atoms with E-state index in [0.717, 1.165) is 11.3 Å². The first kappa shape index (κ1) is 14.8. The van der Waals surface area contributed by atoms with E-state index in [0.29, 0.717) is 5.69 Å². The molecule has 6 nitrogen and oxygen atoms in total. The molecule has 0 fully saturated rings. The molecule has 0 bridgehead atoms. The third-order valence-electron chi connectivity index (χ3n) is 3.46. The number of nitrogens with one attached hydrogen (secondary N) is 1. The number of nitrogens with two attached hydrogens (primary N) is 1. The number of hydrogen-bond donors (Lipinski definition) is 2. The molecule has 0 spiro atoms. The number of nitrogens with zero attached hydrogens (tertiary/aromatic N) is 1. The summed E-state index contributed by atoms with van der Waals surface area (Å²) in [6.07, 6.45) is 0. The van der Waals surface area contributed by atoms with E-state index in [9.17, 15) is 13.2 Å². The zero-order valence-electron chi connectivity index (χ0n) is 12.0. The zero-order valence-corrected chi connectivity index (χ0v) is 12.8. The van der Waals surface area contributed by atoms with Crippen LogP contribution in [-0.4, -0.2) is 20.4 Å². The number of hydrogen-bond acceptors (Lipinski definition) is 3. The summed E-state index contributed by atoms with van der Waals surface area (Å²) in [5.41, 5.74) is 1.29. The van der Waals surface area contributed by atoms with Gasteiger partial charge in [0, 0.05) is 11.7 Å². The maximum atomic E-state index is 12.5. The topological polar surface area (TPSA) is 92.5 Å². The lowest BCUT2D eigenvalue weighted by Gasteiger charge is -2.24. The van der Waals surface area contributed by atoms with Crippen molar-refractivity contribution in [3.8, 4) is 0 Å². The minimum absolute atomic E-state index is 0.00950. The Morgan fingerprint density at radius 2 is 1.90 bits per heavy atom. The van der Waals surface area contributed by atoms with Gasteiger partial charge in [-0.15, -0.1) is 0 Å². The minimum Gasteiger partial charge on any atom is -0.309 e. The first-order valence-corrected chi connectivity index (χ1v) is 7.87. The monoisotopic (exact) mass is 297 g/mol. The molecule has 20 heavy (non-hydrogen) atoms. The van der Waals surface area contributed by atoms with Crippen molar-refractivity contribution >= 4 is 27.5 Å². The van der Waals surface area contributed by atoms with Crippen LogP contribution in [0.5, 0.6) is 0 Å². The molecule has 1 amide bonds. The van der Waals surface area contributed by atoms with Crippen LogP contribution in [0.15, 0.2) is 18.2 Å². The van der Waals surface area contributed by atoms with E-state index in [1.807, 2.05) is 27.7 Å². The van der Waals surface area contributed by atoms with Gasteiger partial charge in [-0.1, -0.05) is 0 Å². The zero-order chi connectivity index (χ0) is 15.3. The summed E-state index contributed by atoms with van der Waals surface area (Å²) in [6, 6.07) is 5.06. The van der Waals surface area contributed by atoms with Gasteiger partial charge in [0.2, 0.25) is 5.91 Å². The first-order valence-electron chi connectivity index (χ1n) is 6.33. The van der Waals surface area contributed by atoms with Gasteiger partial charge in [-0.3, -0.25) is 9.52 Å². The lowest BCUT2D eigenvalue weighted by Crippen LogP contribution is -2.40. The molecule has 110 valence electrons. The highest BCUT2D eigenvalue weighted by Crippen LogP contribution is 2.43. The molecule has 1 aromatic carbocycles. The second kappa shape index (κ2) is 4.46. The van der Waals surface area contributed by atoms with Gasteiger partial charge >= 0.3 is 0 Å². The van der Waals surface area contributed by atoms with Crippen molar-refractivity contribution in [1.82, 2.24) is 0 Å². The van der Waals surface area contributed by atoms with Gasteiger partial charge in [0.05, 0.1) is 11.1 Å². The second-order valence-electron chi connectivity index (χ2n) is 5.77. The van der Waals surface area contributed by atoms with Crippen LogP contribution in [0.3, 0.4) is 0 Å². The Kier molecular flexibility index (Phi) is 3.30. The van der Waals surface area contributed by atoms with E-state index in [-0.39, 0.29) is 11.9 Å². The molecule has 3 N–H and O–H groups in total. The highest BCUT2D eigenvalue weighted by molar-refractivity contribution is 7.90. The molecule has 0 aliphatic carbocycles. The van der Waals surface area contributed by atoms with Crippen LogP contribution in [0.25, 0.3) is 0 Å². The summed E-state index contributed by atoms with van der Waals surface area (Å²) < 4.78 is 24.4. The molecule has 2 rings (SSSR count). The molecule has 0 saturated carbocycles. The van der Waals surface area contributed by atoms with E-state index in [4.69, 9.17) is 5.14 Å². The molecule has 0 saturated heterocycles. The van der Waals surface area contributed by atoms with Gasteiger partial charge in [0.25, 0.3) is 10.2 Å². The SMILES string of the molecule is CC(C)N1C(=O)C(C)(C)c2cc(NS(N)(=O)=O)ccc21. The van der Waals surface area contributed by atoms with Gasteiger partial charge in [-0.2, -0.15) is 8.42 Å². The molecule has 1 aromatic rings. The molecule has 1 aliphatic heterocycles. The van der Waals surface area contributed by atoms with Crippen LogP contribution in [0, 0.1) is 0 Å². The number of carbonyl (C=O) groups excluding carboxylic acids is 1. The highest BCUT2D eigenvalue weighted by atomic mass is 32.2. The standard InChI is InChI=1S/C13H19N3O3S/c1-8(2)16-11-6-5-9(15-20(14,18)19)7-10(11)13(3,4)12(16)17/h5-8,15H,1-4H3,(H2,14,18,19). The summed E-state index contributed by atoms with van der Waals surface area (Å²) >= 11 is 0. The Bertz CT molecular complexity index is 665. The number of rotatable bonds is 3. The van der Waals surface area contributed by atoms with E-state index >= 15 is 0 Å². The Balaban J connectivity index is 2.55. The van der Waals surface area contributed by atoms with Gasteiger partial charge in [0.15, 0.2) is 0 Å². The smallest absolute Gasteiger partial charge is 0.296 e. The third kappa shape index (κ3) is 2.38. The largest absolute Gasteiger partial charge is 0.309 e. The third-order valence-corrected chi connectivity index (χ3v) is 3.98. The maximum Gasteiger partial charge on any atom is 0.296 e. The number of carbonyl (C=O) groups is 1. The number of anilines is 2. The predicted molar refractivity (Wildman–Crippen MR) is 78.8 cm³/mol. The lowest BCUT2D eigenvalue weighted by molar-refractivity contribution is -0.122. The van der Waals surface area contributed by atoms with E-state index in [1.165, 1.54) is 0 Å². The maximum absolute atomic E-state index is 12.5. The van der Waals surface area contributed by atoms with E-state index in [1.54, 1.807) is 23.1 Å². The van der Waals surface area contributed by atoms with Crippen LogP contribution in [0.4, 0.5) is 11.4 Å². The van der Waals surface area contributed by atoms with Crippen LogP contribution in [0.1, 0.15) is 33.3 Å². The van der Waals surface area contributed by atoms with Crippen molar-refractivity contribution in [3.05, 3.63) is 23.8 Å². The number of fused-ring (bicyclic) bond motifs is 1. The summed E-state index contributed by atoms with van der Waals surface area (Å²) in [7, 11) is -3.82. The Morgan fingerprint density at radius 1 is 1.30 bits per heavy atom.